The summed E-state index contributed by atoms with van der Waals surface area (Å²) in [5.74, 6) is -0.982. The molecule has 0 aliphatic rings. The van der Waals surface area contributed by atoms with Gasteiger partial charge in [0.15, 0.2) is 6.73 Å². The lowest BCUT2D eigenvalue weighted by molar-refractivity contribution is -0.132. The third-order valence-corrected chi connectivity index (χ3v) is 0.383. The fourth-order valence-electron chi connectivity index (χ4n) is 0.169. The predicted octanol–water partition coefficient (Wildman–Crippen LogP) is -1.07. The van der Waals surface area contributed by atoms with E-state index in [1.54, 1.807) is 0 Å². The molecule has 0 unspecified atom stereocenters. The zero-order valence-electron chi connectivity index (χ0n) is 4.49. The molecule has 0 aromatic carbocycles. The monoisotopic (exact) mass is 129 g/mol. The summed E-state index contributed by atoms with van der Waals surface area (Å²) >= 11 is 0. The molecule has 0 aliphatic carbocycles. The summed E-state index contributed by atoms with van der Waals surface area (Å²) in [5, 5.41) is 0. The molecule has 0 spiro atoms. The van der Waals surface area contributed by atoms with Gasteiger partial charge < -0.3 is 9.57 Å². The maximum absolute atomic E-state index is 9.76. The molecule has 0 aromatic heterocycles. The van der Waals surface area contributed by atoms with Crippen LogP contribution in [0.25, 0.3) is 0 Å². The number of nitrogens with one attached hydrogen (secondary N) is 1. The molecule has 1 N–H and O–H groups in total. The Morgan fingerprint density at radius 2 is 2.44 bits per heavy atom. The fourth-order valence-corrected chi connectivity index (χ4v) is 0.169. The minimum Gasteiger partial charge on any atom is -0.449 e. The second-order valence-corrected chi connectivity index (χ2v) is 0.973. The van der Waals surface area contributed by atoms with Gasteiger partial charge >= 0.3 is 0 Å². The first-order chi connectivity index (χ1) is 4.27. The number of hydrogen-bond donors (Lipinski definition) is 1. The topological polar surface area (TPSA) is 64.6 Å². The van der Waals surface area contributed by atoms with Crippen molar-refractivity contribution in [2.45, 2.75) is 0 Å². The molecule has 9 heavy (non-hydrogen) atoms. The van der Waals surface area contributed by atoms with Crippen LogP contribution in [0.5, 0.6) is 0 Å². The van der Waals surface area contributed by atoms with Crippen LogP contribution in [-0.4, -0.2) is 26.9 Å². The Balaban J connectivity index is 2.91. The summed E-state index contributed by atoms with van der Waals surface area (Å²) < 4.78 is 4.06. The lowest BCUT2D eigenvalue weighted by Gasteiger charge is -1.99. The molecule has 0 rings (SSSR count). The second kappa shape index (κ2) is 5.11. The van der Waals surface area contributed by atoms with E-state index in [9.17, 15) is 9.59 Å². The van der Waals surface area contributed by atoms with Crippen molar-refractivity contribution in [2.75, 3.05) is 6.73 Å². The minimum atomic E-state index is -0.982. The van der Waals surface area contributed by atoms with Crippen LogP contribution in [0.3, 0.4) is 0 Å². The molecular weight excluding hydrogens is 125 g/mol. The van der Waals surface area contributed by atoms with E-state index in [4.69, 9.17) is 0 Å². The smallest absolute Gasteiger partial charge is 0.294 e. The quantitative estimate of drug-likeness (QED) is 0.172. The van der Waals surface area contributed by atoms with Crippen LogP contribution in [-0.2, 0) is 14.4 Å². The van der Waals surface area contributed by atoms with Gasteiger partial charge in [-0.2, -0.15) is 0 Å². The molecule has 0 saturated carbocycles. The normalized spacial score (nSPS) is 8.00. The van der Waals surface area contributed by atoms with Crippen molar-refractivity contribution in [3.63, 3.8) is 0 Å². The lowest BCUT2D eigenvalue weighted by Crippen LogP contribution is -2.21. The zero-order chi connectivity index (χ0) is 7.11. The van der Waals surface area contributed by atoms with Gasteiger partial charge in [0.1, 0.15) is 0 Å². The van der Waals surface area contributed by atoms with E-state index in [2.05, 4.69) is 17.4 Å². The van der Waals surface area contributed by atoms with E-state index in [1.807, 2.05) is 5.48 Å². The third-order valence-electron chi connectivity index (χ3n) is 0.383. The van der Waals surface area contributed by atoms with E-state index in [0.717, 1.165) is 0 Å². The SMILES string of the molecule is [B]C(=O)ONCOC=O. The van der Waals surface area contributed by atoms with Crippen LogP contribution < -0.4 is 5.48 Å². The van der Waals surface area contributed by atoms with Crippen molar-refractivity contribution in [2.24, 2.45) is 0 Å². The highest BCUT2D eigenvalue weighted by molar-refractivity contribution is 6.55. The second-order valence-electron chi connectivity index (χ2n) is 0.973. The maximum atomic E-state index is 9.76. The Morgan fingerprint density at radius 1 is 1.78 bits per heavy atom. The van der Waals surface area contributed by atoms with Crippen molar-refractivity contribution in [3.05, 3.63) is 0 Å². The molecule has 0 heterocycles. The van der Waals surface area contributed by atoms with Crippen LogP contribution in [0.1, 0.15) is 0 Å². The van der Waals surface area contributed by atoms with Crippen LogP contribution in [0.4, 0.5) is 4.79 Å². The molecule has 6 heteroatoms. The number of rotatable bonds is 4. The summed E-state index contributed by atoms with van der Waals surface area (Å²) in [6.45, 7) is 0.00376. The molecule has 48 valence electrons. The summed E-state index contributed by atoms with van der Waals surface area (Å²) in [7, 11) is 4.51. The molecule has 5 nitrogen and oxygen atoms in total. The average Bonchev–Trinajstić information content (AvgIpc) is 1.80. The number of carbonyl (C=O) groups excluding carboxylic acids is 2. The van der Waals surface area contributed by atoms with Gasteiger partial charge in [0.05, 0.1) is 0 Å². The Labute approximate surface area is 52.7 Å². The minimum absolute atomic E-state index is 0.202. The van der Waals surface area contributed by atoms with Crippen molar-refractivity contribution < 1.29 is 19.2 Å². The maximum Gasteiger partial charge on any atom is 0.294 e. The van der Waals surface area contributed by atoms with Gasteiger partial charge in [-0.1, -0.05) is 0 Å². The zero-order valence-corrected chi connectivity index (χ0v) is 4.49. The van der Waals surface area contributed by atoms with Crippen molar-refractivity contribution in [1.29, 1.82) is 0 Å². The first-order valence-corrected chi connectivity index (χ1v) is 2.01. The number of carbonyl (C=O) groups is 2. The van der Waals surface area contributed by atoms with Crippen molar-refractivity contribution in [1.82, 2.24) is 5.48 Å². The molecule has 0 saturated heterocycles. The summed E-state index contributed by atoms with van der Waals surface area (Å²) in [5.41, 5.74) is 1.96. The van der Waals surface area contributed by atoms with Crippen molar-refractivity contribution in [3.8, 4) is 0 Å². The first kappa shape index (κ1) is 7.96. The molecule has 0 aliphatic heterocycles. The van der Waals surface area contributed by atoms with E-state index in [-0.39, 0.29) is 13.2 Å². The number of hydroxylamine groups is 1. The van der Waals surface area contributed by atoms with E-state index in [0.29, 0.717) is 0 Å². The van der Waals surface area contributed by atoms with Gasteiger partial charge in [0, 0.05) is 0 Å². The standard InChI is InChI=1S/C3H4BNO4/c4-3(7)9-5-1-8-2-6/h2,5H,1H2. The third kappa shape index (κ3) is 6.96. The van der Waals surface area contributed by atoms with E-state index in [1.165, 1.54) is 0 Å². The highest BCUT2D eigenvalue weighted by atomic mass is 16.7. The van der Waals surface area contributed by atoms with Gasteiger partial charge in [-0.25, -0.2) is 0 Å². The van der Waals surface area contributed by atoms with Crippen LogP contribution in [0, 0.1) is 0 Å². The average molecular weight is 129 g/mol. The lowest BCUT2D eigenvalue weighted by atomic mass is 10.2. The predicted molar refractivity (Wildman–Crippen MR) is 27.4 cm³/mol. The molecule has 0 amide bonds. The Kier molecular flexibility index (Phi) is 4.52. The Hall–Kier alpha value is -1.04. The fraction of sp³-hybridized carbons (Fsp3) is 0.333. The highest BCUT2D eigenvalue weighted by Gasteiger charge is 1.88. The van der Waals surface area contributed by atoms with Crippen LogP contribution in [0.2, 0.25) is 0 Å². The Bertz CT molecular complexity index is 106. The van der Waals surface area contributed by atoms with E-state index >= 15 is 0 Å². The first-order valence-electron chi connectivity index (χ1n) is 2.01. The molecule has 0 atom stereocenters. The van der Waals surface area contributed by atoms with Crippen molar-refractivity contribution >= 4 is 20.2 Å². The number of ether oxygens (including phenoxy) is 1. The number of hydrogen-bond acceptors (Lipinski definition) is 5. The summed E-state index contributed by atoms with van der Waals surface area (Å²) in [4.78, 5) is 23.1. The van der Waals surface area contributed by atoms with Crippen LogP contribution >= 0.6 is 0 Å². The molecule has 2 radical (unpaired) electrons. The largest absolute Gasteiger partial charge is 0.449 e. The summed E-state index contributed by atoms with van der Waals surface area (Å²) in [6.07, 6.45) is 0. The van der Waals surface area contributed by atoms with Gasteiger partial charge in [0.25, 0.3) is 12.3 Å². The molecular formula is C3H4BNO4. The molecule has 0 fully saturated rings. The Morgan fingerprint density at radius 3 is 2.89 bits per heavy atom. The molecule has 0 bridgehead atoms. The van der Waals surface area contributed by atoms with Gasteiger partial charge in [-0.3, -0.25) is 9.59 Å². The highest BCUT2D eigenvalue weighted by Crippen LogP contribution is 1.66. The van der Waals surface area contributed by atoms with E-state index < -0.39 is 5.87 Å². The summed E-state index contributed by atoms with van der Waals surface area (Å²) in [6, 6.07) is 0. The van der Waals surface area contributed by atoms with Gasteiger partial charge in [0.2, 0.25) is 7.85 Å². The van der Waals surface area contributed by atoms with Gasteiger partial charge in [-0.15, -0.1) is 5.48 Å². The molecule has 0 aromatic rings. The van der Waals surface area contributed by atoms with Gasteiger partial charge in [-0.05, 0) is 0 Å². The van der Waals surface area contributed by atoms with Crippen LogP contribution in [0.15, 0.2) is 0 Å².